The topological polar surface area (TPSA) is 64.3 Å². The fraction of sp³-hybridized carbons (Fsp3) is 0.900. The second kappa shape index (κ2) is 4.28. The molecule has 0 radical (unpaired) electrons. The van der Waals surface area contributed by atoms with E-state index in [0.717, 1.165) is 13.0 Å². The number of hydrogen-bond acceptors (Lipinski definition) is 4. The molecule has 1 rings (SSSR count). The maximum Gasteiger partial charge on any atom is 0.311 e. The van der Waals surface area contributed by atoms with E-state index in [1.165, 1.54) is 0 Å². The first-order chi connectivity index (χ1) is 6.46. The Labute approximate surface area is 85.2 Å². The van der Waals surface area contributed by atoms with Crippen LogP contribution in [-0.2, 0) is 9.53 Å². The van der Waals surface area contributed by atoms with Crippen molar-refractivity contribution in [1.82, 2.24) is 5.32 Å². The third-order valence-electron chi connectivity index (χ3n) is 2.70. The monoisotopic (exact) mass is 200 g/mol. The van der Waals surface area contributed by atoms with Crippen LogP contribution >= 0.6 is 0 Å². The van der Waals surface area contributed by atoms with Crippen LogP contribution in [0.25, 0.3) is 0 Å². The third kappa shape index (κ3) is 2.69. The number of rotatable bonds is 3. The van der Waals surface area contributed by atoms with E-state index in [9.17, 15) is 4.79 Å². The first-order valence-corrected chi connectivity index (χ1v) is 5.12. The molecule has 0 aromatic rings. The lowest BCUT2D eigenvalue weighted by Crippen LogP contribution is -2.40. The van der Waals surface area contributed by atoms with Crippen molar-refractivity contribution in [3.8, 4) is 0 Å². The molecule has 14 heavy (non-hydrogen) atoms. The van der Waals surface area contributed by atoms with Crippen LogP contribution in [0.15, 0.2) is 0 Å². The Kier molecular flexibility index (Phi) is 3.50. The van der Waals surface area contributed by atoms with Crippen molar-refractivity contribution in [2.45, 2.75) is 38.8 Å². The van der Waals surface area contributed by atoms with Crippen molar-refractivity contribution in [3.05, 3.63) is 0 Å². The third-order valence-corrected chi connectivity index (χ3v) is 2.70. The molecule has 0 saturated carbocycles. The van der Waals surface area contributed by atoms with Crippen molar-refractivity contribution in [2.75, 3.05) is 13.1 Å². The van der Waals surface area contributed by atoms with Crippen molar-refractivity contribution in [3.63, 3.8) is 0 Å². The van der Waals surface area contributed by atoms with E-state index < -0.39 is 5.60 Å². The van der Waals surface area contributed by atoms with E-state index in [4.69, 9.17) is 10.5 Å². The van der Waals surface area contributed by atoms with Crippen molar-refractivity contribution in [2.24, 2.45) is 11.7 Å². The van der Waals surface area contributed by atoms with Crippen LogP contribution < -0.4 is 11.1 Å². The Balaban J connectivity index is 2.49. The van der Waals surface area contributed by atoms with Gasteiger partial charge in [-0.05, 0) is 33.7 Å². The lowest BCUT2D eigenvalue weighted by molar-refractivity contribution is -0.160. The number of hydrogen-bond donors (Lipinski definition) is 2. The first-order valence-electron chi connectivity index (χ1n) is 5.12. The second-order valence-corrected chi connectivity index (χ2v) is 4.52. The summed E-state index contributed by atoms with van der Waals surface area (Å²) in [4.78, 5) is 11.7. The van der Waals surface area contributed by atoms with Gasteiger partial charge < -0.3 is 15.8 Å². The van der Waals surface area contributed by atoms with Crippen molar-refractivity contribution < 1.29 is 9.53 Å². The molecule has 0 aromatic carbocycles. The number of esters is 1. The van der Waals surface area contributed by atoms with Crippen molar-refractivity contribution >= 4 is 5.97 Å². The predicted octanol–water partition coefficient (Wildman–Crippen LogP) is 0.265. The van der Waals surface area contributed by atoms with Gasteiger partial charge in [-0.3, -0.25) is 4.79 Å². The summed E-state index contributed by atoms with van der Waals surface area (Å²) in [6, 6.07) is 0.219. The fourth-order valence-corrected chi connectivity index (χ4v) is 1.57. The molecule has 82 valence electrons. The Morgan fingerprint density at radius 3 is 2.71 bits per heavy atom. The number of carbonyl (C=O) groups excluding carboxylic acids is 1. The molecule has 1 fully saturated rings. The predicted molar refractivity (Wildman–Crippen MR) is 54.8 cm³/mol. The molecule has 4 nitrogen and oxygen atoms in total. The Morgan fingerprint density at radius 2 is 2.29 bits per heavy atom. The summed E-state index contributed by atoms with van der Waals surface area (Å²) < 4.78 is 5.34. The van der Waals surface area contributed by atoms with Gasteiger partial charge in [-0.25, -0.2) is 0 Å². The second-order valence-electron chi connectivity index (χ2n) is 4.52. The van der Waals surface area contributed by atoms with Gasteiger partial charge in [-0.15, -0.1) is 0 Å². The maximum absolute atomic E-state index is 11.7. The molecule has 0 unspecified atom stereocenters. The molecular weight excluding hydrogens is 180 g/mol. The fourth-order valence-electron chi connectivity index (χ4n) is 1.57. The van der Waals surface area contributed by atoms with Gasteiger partial charge in [0.25, 0.3) is 0 Å². The first kappa shape index (κ1) is 11.5. The molecule has 3 N–H and O–H groups in total. The zero-order chi connectivity index (χ0) is 10.8. The quantitative estimate of drug-likeness (QED) is 0.642. The van der Waals surface area contributed by atoms with Gasteiger partial charge in [-0.1, -0.05) is 0 Å². The van der Waals surface area contributed by atoms with Crippen LogP contribution in [0.4, 0.5) is 0 Å². The summed E-state index contributed by atoms with van der Waals surface area (Å²) >= 11 is 0. The highest BCUT2D eigenvalue weighted by atomic mass is 16.6. The van der Waals surface area contributed by atoms with Crippen molar-refractivity contribution in [1.29, 1.82) is 0 Å². The van der Waals surface area contributed by atoms with Crippen LogP contribution in [-0.4, -0.2) is 30.7 Å². The van der Waals surface area contributed by atoms with E-state index in [0.29, 0.717) is 6.54 Å². The number of ether oxygens (including phenoxy) is 1. The average Bonchev–Trinajstić information content (AvgIpc) is 2.51. The zero-order valence-corrected chi connectivity index (χ0v) is 9.17. The average molecular weight is 200 g/mol. The van der Waals surface area contributed by atoms with Gasteiger partial charge in [0.15, 0.2) is 0 Å². The summed E-state index contributed by atoms with van der Waals surface area (Å²) in [5.41, 5.74) is 4.95. The number of carbonyl (C=O) groups is 1. The summed E-state index contributed by atoms with van der Waals surface area (Å²) in [6.45, 7) is 6.92. The van der Waals surface area contributed by atoms with E-state index in [1.807, 2.05) is 20.8 Å². The molecular formula is C10H20N2O2. The minimum absolute atomic E-state index is 0.0131. The van der Waals surface area contributed by atoms with E-state index in [1.54, 1.807) is 0 Å². The number of nitrogens with one attached hydrogen (secondary N) is 1. The van der Waals surface area contributed by atoms with E-state index >= 15 is 0 Å². The molecule has 2 atom stereocenters. The smallest absolute Gasteiger partial charge is 0.311 e. The van der Waals surface area contributed by atoms with E-state index in [2.05, 4.69) is 5.32 Å². The molecule has 1 saturated heterocycles. The summed E-state index contributed by atoms with van der Waals surface area (Å²) in [5, 5.41) is 3.22. The Morgan fingerprint density at radius 1 is 1.64 bits per heavy atom. The van der Waals surface area contributed by atoms with Crippen LogP contribution in [0.1, 0.15) is 27.2 Å². The van der Waals surface area contributed by atoms with Crippen LogP contribution in [0, 0.1) is 5.92 Å². The van der Waals surface area contributed by atoms with E-state index in [-0.39, 0.29) is 17.9 Å². The lowest BCUT2D eigenvalue weighted by atomic mass is 10.0. The van der Waals surface area contributed by atoms with Gasteiger partial charge in [-0.2, -0.15) is 0 Å². The van der Waals surface area contributed by atoms with Crippen LogP contribution in [0.3, 0.4) is 0 Å². The highest BCUT2D eigenvalue weighted by molar-refractivity contribution is 5.74. The standard InChI is InChI=1S/C10H20N2O2/c1-7-8(4-5-12-7)9(13)14-10(2,3)6-11/h7-8,12H,4-6,11H2,1-3H3/t7-,8-/m1/s1. The molecule has 0 aliphatic carbocycles. The van der Waals surface area contributed by atoms with Gasteiger partial charge in [0.05, 0.1) is 5.92 Å². The van der Waals surface area contributed by atoms with Crippen LogP contribution in [0.2, 0.25) is 0 Å². The summed E-state index contributed by atoms with van der Waals surface area (Å²) in [5.74, 6) is -0.140. The zero-order valence-electron chi connectivity index (χ0n) is 9.17. The molecule has 1 heterocycles. The van der Waals surface area contributed by atoms with Gasteiger partial charge in [0.1, 0.15) is 5.60 Å². The minimum Gasteiger partial charge on any atom is -0.458 e. The summed E-state index contributed by atoms with van der Waals surface area (Å²) in [7, 11) is 0. The molecule has 0 aromatic heterocycles. The maximum atomic E-state index is 11.7. The highest BCUT2D eigenvalue weighted by Crippen LogP contribution is 2.19. The minimum atomic E-state index is -0.542. The molecule has 1 aliphatic rings. The Bertz CT molecular complexity index is 216. The Hall–Kier alpha value is -0.610. The molecule has 0 bridgehead atoms. The molecule has 0 amide bonds. The largest absolute Gasteiger partial charge is 0.458 e. The normalized spacial score (nSPS) is 27.7. The molecule has 4 heteroatoms. The van der Waals surface area contributed by atoms with Gasteiger partial charge in [0, 0.05) is 12.6 Å². The lowest BCUT2D eigenvalue weighted by Gasteiger charge is -2.25. The van der Waals surface area contributed by atoms with Gasteiger partial charge in [0.2, 0.25) is 0 Å². The summed E-state index contributed by atoms with van der Waals surface area (Å²) in [6.07, 6.45) is 0.862. The molecule has 1 aliphatic heterocycles. The number of nitrogens with two attached hydrogens (primary N) is 1. The van der Waals surface area contributed by atoms with Gasteiger partial charge >= 0.3 is 5.97 Å². The van der Waals surface area contributed by atoms with Crippen LogP contribution in [0.5, 0.6) is 0 Å². The molecule has 0 spiro atoms. The SMILES string of the molecule is C[C@H]1NCC[C@H]1C(=O)OC(C)(C)CN. The highest BCUT2D eigenvalue weighted by Gasteiger charge is 2.33.